The second kappa shape index (κ2) is 5.54. The zero-order valence-corrected chi connectivity index (χ0v) is 13.5. The maximum absolute atomic E-state index is 5.93. The van der Waals surface area contributed by atoms with Crippen LogP contribution in [0.2, 0.25) is 0 Å². The normalized spacial score (nSPS) is 25.1. The van der Waals surface area contributed by atoms with E-state index >= 15 is 0 Å². The fraction of sp³-hybridized carbons (Fsp3) is 0.600. The molecule has 2 aliphatic rings. The van der Waals surface area contributed by atoms with E-state index in [0.29, 0.717) is 13.2 Å². The summed E-state index contributed by atoms with van der Waals surface area (Å²) in [5, 5.41) is 3.35. The first-order chi connectivity index (χ1) is 9.55. The molecule has 0 saturated carbocycles. The van der Waals surface area contributed by atoms with Gasteiger partial charge in [0, 0.05) is 28.5 Å². The van der Waals surface area contributed by atoms with Gasteiger partial charge in [-0.3, -0.25) is 0 Å². The van der Waals surface area contributed by atoms with Crippen LogP contribution in [0.15, 0.2) is 16.6 Å². The lowest BCUT2D eigenvalue weighted by atomic mass is 9.97. The summed E-state index contributed by atoms with van der Waals surface area (Å²) < 4.78 is 18.6. The second-order valence-corrected chi connectivity index (χ2v) is 6.98. The van der Waals surface area contributed by atoms with Gasteiger partial charge in [0.05, 0.1) is 25.9 Å². The summed E-state index contributed by atoms with van der Waals surface area (Å²) in [6.07, 6.45) is 0.0586. The Kier molecular flexibility index (Phi) is 3.93. The Hall–Kier alpha value is -0.780. The molecule has 0 spiro atoms. The first-order valence-electron chi connectivity index (χ1n) is 6.96. The lowest BCUT2D eigenvalue weighted by Crippen LogP contribution is -2.33. The van der Waals surface area contributed by atoms with Crippen LogP contribution in [-0.4, -0.2) is 32.9 Å². The van der Waals surface area contributed by atoms with Gasteiger partial charge in [0.25, 0.3) is 0 Å². The minimum Gasteiger partial charge on any atom is -0.489 e. The summed E-state index contributed by atoms with van der Waals surface area (Å²) in [6.45, 7) is 8.07. The Balaban J connectivity index is 1.89. The van der Waals surface area contributed by atoms with Crippen molar-refractivity contribution in [1.29, 1.82) is 0 Å². The topological polar surface area (TPSA) is 39.7 Å². The molecule has 1 unspecified atom stereocenters. The summed E-state index contributed by atoms with van der Waals surface area (Å²) in [5.74, 6) is 1.61. The maximum Gasteiger partial charge on any atom is 0.162 e. The number of benzene rings is 1. The Labute approximate surface area is 127 Å². The summed E-state index contributed by atoms with van der Waals surface area (Å²) in [7, 11) is 0. The monoisotopic (exact) mass is 341 g/mol. The van der Waals surface area contributed by atoms with Crippen molar-refractivity contribution >= 4 is 15.9 Å². The van der Waals surface area contributed by atoms with Gasteiger partial charge in [0.2, 0.25) is 0 Å². The minimum atomic E-state index is 0.0224. The summed E-state index contributed by atoms with van der Waals surface area (Å²) in [6, 6.07) is 4.03. The molecule has 0 amide bonds. The third kappa shape index (κ3) is 2.95. The third-order valence-corrected chi connectivity index (χ3v) is 4.26. The summed E-state index contributed by atoms with van der Waals surface area (Å²) in [4.78, 5) is 0. The smallest absolute Gasteiger partial charge is 0.162 e. The van der Waals surface area contributed by atoms with E-state index in [1.54, 1.807) is 0 Å². The van der Waals surface area contributed by atoms with Crippen LogP contribution in [-0.2, 0) is 4.74 Å². The molecule has 1 aromatic rings. The molecule has 2 aliphatic heterocycles. The number of hydrogen-bond acceptors (Lipinski definition) is 4. The molecule has 1 saturated heterocycles. The second-order valence-electron chi connectivity index (χ2n) is 6.13. The molecule has 2 heterocycles. The van der Waals surface area contributed by atoms with Gasteiger partial charge in [-0.25, -0.2) is 0 Å². The zero-order valence-electron chi connectivity index (χ0n) is 11.9. The van der Waals surface area contributed by atoms with Gasteiger partial charge in [-0.2, -0.15) is 0 Å². The molecular formula is C15H20BrNO3. The van der Waals surface area contributed by atoms with Crippen molar-refractivity contribution in [2.45, 2.75) is 20.0 Å². The lowest BCUT2D eigenvalue weighted by molar-refractivity contribution is 0.0271. The number of rotatable bonds is 1. The van der Waals surface area contributed by atoms with Crippen LogP contribution in [0, 0.1) is 5.41 Å². The Bertz CT molecular complexity index is 498. The molecule has 3 rings (SSSR count). The lowest BCUT2D eigenvalue weighted by Gasteiger charge is -2.25. The van der Waals surface area contributed by atoms with E-state index in [-0.39, 0.29) is 11.5 Å². The van der Waals surface area contributed by atoms with E-state index in [2.05, 4.69) is 35.1 Å². The van der Waals surface area contributed by atoms with Crippen molar-refractivity contribution in [3.63, 3.8) is 0 Å². The van der Waals surface area contributed by atoms with Crippen molar-refractivity contribution < 1.29 is 14.2 Å². The molecule has 0 aliphatic carbocycles. The fourth-order valence-corrected chi connectivity index (χ4v) is 2.95. The number of halogens is 1. The molecule has 0 radical (unpaired) electrons. The molecule has 4 nitrogen and oxygen atoms in total. The van der Waals surface area contributed by atoms with Crippen molar-refractivity contribution in [2.75, 3.05) is 32.9 Å². The van der Waals surface area contributed by atoms with E-state index in [1.165, 1.54) is 0 Å². The van der Waals surface area contributed by atoms with Gasteiger partial charge < -0.3 is 19.5 Å². The molecule has 1 N–H and O–H groups in total. The van der Waals surface area contributed by atoms with Gasteiger partial charge in [-0.05, 0) is 12.1 Å². The zero-order chi connectivity index (χ0) is 14.2. The van der Waals surface area contributed by atoms with Crippen LogP contribution in [0.1, 0.15) is 25.5 Å². The van der Waals surface area contributed by atoms with Crippen molar-refractivity contribution in [1.82, 2.24) is 5.32 Å². The Morgan fingerprint density at radius 1 is 1.20 bits per heavy atom. The van der Waals surface area contributed by atoms with Gasteiger partial charge in [0.15, 0.2) is 11.5 Å². The highest BCUT2D eigenvalue weighted by molar-refractivity contribution is 9.10. The van der Waals surface area contributed by atoms with Gasteiger partial charge in [-0.1, -0.05) is 29.8 Å². The Morgan fingerprint density at radius 3 is 2.55 bits per heavy atom. The highest BCUT2D eigenvalue weighted by Gasteiger charge is 2.27. The Morgan fingerprint density at radius 2 is 1.90 bits per heavy atom. The first-order valence-corrected chi connectivity index (χ1v) is 7.76. The minimum absolute atomic E-state index is 0.0224. The summed E-state index contributed by atoms with van der Waals surface area (Å²) >= 11 is 3.62. The number of ether oxygens (including phenoxy) is 3. The molecule has 1 atom stereocenters. The molecule has 20 heavy (non-hydrogen) atoms. The van der Waals surface area contributed by atoms with Crippen LogP contribution >= 0.6 is 15.9 Å². The van der Waals surface area contributed by atoms with E-state index in [9.17, 15) is 0 Å². The van der Waals surface area contributed by atoms with Crippen molar-refractivity contribution in [3.05, 3.63) is 22.2 Å². The SMILES string of the molecule is CC1(C)COc2cc(Br)c(C3CNCCO3)cc2OC1. The molecule has 110 valence electrons. The first kappa shape index (κ1) is 14.2. The van der Waals surface area contributed by atoms with Gasteiger partial charge >= 0.3 is 0 Å². The van der Waals surface area contributed by atoms with Crippen molar-refractivity contribution in [3.8, 4) is 11.5 Å². The molecule has 5 heteroatoms. The average molecular weight is 342 g/mol. The number of morpholine rings is 1. The largest absolute Gasteiger partial charge is 0.489 e. The van der Waals surface area contributed by atoms with Crippen LogP contribution in [0.5, 0.6) is 11.5 Å². The standard InChI is InChI=1S/C15H20BrNO3/c1-15(2)8-19-12-5-10(14-7-17-3-4-18-14)11(16)6-13(12)20-9-15/h5-6,14,17H,3-4,7-9H2,1-2H3. The molecular weight excluding hydrogens is 322 g/mol. The maximum atomic E-state index is 5.93. The molecule has 0 bridgehead atoms. The molecule has 1 fully saturated rings. The molecule has 0 aromatic heterocycles. The van der Waals surface area contributed by atoms with Gasteiger partial charge in [-0.15, -0.1) is 0 Å². The highest BCUT2D eigenvalue weighted by Crippen LogP contribution is 2.40. The van der Waals surface area contributed by atoms with Crippen molar-refractivity contribution in [2.24, 2.45) is 5.41 Å². The number of nitrogens with one attached hydrogen (secondary N) is 1. The predicted molar refractivity (Wildman–Crippen MR) is 80.5 cm³/mol. The van der Waals surface area contributed by atoms with Crippen LogP contribution < -0.4 is 14.8 Å². The van der Waals surface area contributed by atoms with Crippen LogP contribution in [0.3, 0.4) is 0 Å². The van der Waals surface area contributed by atoms with E-state index in [1.807, 2.05) is 12.1 Å². The quantitative estimate of drug-likeness (QED) is 0.852. The van der Waals surface area contributed by atoms with Crippen LogP contribution in [0.25, 0.3) is 0 Å². The van der Waals surface area contributed by atoms with Crippen LogP contribution in [0.4, 0.5) is 0 Å². The average Bonchev–Trinajstić information content (AvgIpc) is 2.58. The van der Waals surface area contributed by atoms with E-state index in [0.717, 1.165) is 41.2 Å². The molecule has 1 aromatic carbocycles. The predicted octanol–water partition coefficient (Wildman–Crippen LogP) is 2.91. The number of hydrogen-bond donors (Lipinski definition) is 1. The third-order valence-electron chi connectivity index (χ3n) is 3.57. The van der Waals surface area contributed by atoms with E-state index < -0.39 is 0 Å². The fourth-order valence-electron chi connectivity index (χ4n) is 2.38. The summed E-state index contributed by atoms with van der Waals surface area (Å²) in [5.41, 5.74) is 1.13. The van der Waals surface area contributed by atoms with E-state index in [4.69, 9.17) is 14.2 Å². The van der Waals surface area contributed by atoms with Gasteiger partial charge in [0.1, 0.15) is 0 Å². The highest BCUT2D eigenvalue weighted by atomic mass is 79.9. The number of fused-ring (bicyclic) bond motifs is 1.